The third-order valence-corrected chi connectivity index (χ3v) is 5.25. The van der Waals surface area contributed by atoms with E-state index in [0.29, 0.717) is 38.4 Å². The lowest BCUT2D eigenvalue weighted by atomic mass is 9.94. The molecule has 3 aromatic rings. The van der Waals surface area contributed by atoms with Crippen LogP contribution in [0.15, 0.2) is 34.9 Å². The second kappa shape index (κ2) is 10.9. The lowest BCUT2D eigenvalue weighted by Gasteiger charge is -2.22. The van der Waals surface area contributed by atoms with Crippen LogP contribution in [0.1, 0.15) is 30.4 Å². The van der Waals surface area contributed by atoms with Crippen LogP contribution < -0.4 is 10.7 Å². The van der Waals surface area contributed by atoms with Crippen LogP contribution in [0.25, 0.3) is 22.5 Å². The highest BCUT2D eigenvalue weighted by Crippen LogP contribution is 2.36. The highest BCUT2D eigenvalue weighted by molar-refractivity contribution is 6.31. The van der Waals surface area contributed by atoms with Gasteiger partial charge in [-0.3, -0.25) is 10.2 Å². The third kappa shape index (κ3) is 6.72. The Balaban J connectivity index is 1.77. The summed E-state index contributed by atoms with van der Waals surface area (Å²) in [5.41, 5.74) is 4.40. The van der Waals surface area contributed by atoms with E-state index in [0.717, 1.165) is 5.56 Å². The molecule has 0 atom stereocenters. The zero-order valence-corrected chi connectivity index (χ0v) is 20.2. The predicted molar refractivity (Wildman–Crippen MR) is 123 cm³/mol. The lowest BCUT2D eigenvalue weighted by Crippen LogP contribution is -2.51. The summed E-state index contributed by atoms with van der Waals surface area (Å²) in [5, 5.41) is 7.42. The highest BCUT2D eigenvalue weighted by Gasteiger charge is 2.32. The van der Waals surface area contributed by atoms with Crippen molar-refractivity contribution in [3.63, 3.8) is 0 Å². The first-order valence-electron chi connectivity index (χ1n) is 10.7. The molecule has 2 N–H and O–H groups in total. The van der Waals surface area contributed by atoms with Crippen LogP contribution in [0, 0.1) is 19.7 Å². The number of nitrogens with zero attached hydrogens (tertiary/aromatic N) is 3. The van der Waals surface area contributed by atoms with Crippen LogP contribution in [0.4, 0.5) is 22.4 Å². The quantitative estimate of drug-likeness (QED) is 0.333. The molecule has 0 saturated heterocycles. The lowest BCUT2D eigenvalue weighted by molar-refractivity contribution is -0.156. The molecule has 1 heterocycles. The van der Waals surface area contributed by atoms with E-state index in [9.17, 15) is 27.2 Å². The molecule has 0 aliphatic carbocycles. The summed E-state index contributed by atoms with van der Waals surface area (Å²) in [7, 11) is 0. The van der Waals surface area contributed by atoms with Gasteiger partial charge in [0.05, 0.1) is 0 Å². The number of hydrogen-bond donors (Lipinski definition) is 2. The molecule has 0 aliphatic heterocycles. The molecule has 3 amide bonds. The summed E-state index contributed by atoms with van der Waals surface area (Å²) < 4.78 is 57.1. The molecule has 0 aliphatic rings. The topological polar surface area (TPSA) is 100 Å². The first kappa shape index (κ1) is 26.9. The van der Waals surface area contributed by atoms with E-state index in [4.69, 9.17) is 16.1 Å². The number of amides is 3. The van der Waals surface area contributed by atoms with Crippen molar-refractivity contribution in [2.24, 2.45) is 0 Å². The molecule has 8 nitrogen and oxygen atoms in total. The van der Waals surface area contributed by atoms with E-state index in [1.54, 1.807) is 25.1 Å². The SMILES string of the molecule is CCN(NC(=O)CC(F)(F)F)C(=O)NCc1ccc(-c2cc(Cl)cc(C)c2-c2noc(C)n2)cc1F. The van der Waals surface area contributed by atoms with Gasteiger partial charge in [0, 0.05) is 36.2 Å². The minimum Gasteiger partial charge on any atom is -0.339 e. The van der Waals surface area contributed by atoms with Gasteiger partial charge in [0.1, 0.15) is 12.2 Å². The number of aryl methyl sites for hydroxylation is 2. The first-order chi connectivity index (χ1) is 16.9. The van der Waals surface area contributed by atoms with Crippen LogP contribution in [0.3, 0.4) is 0 Å². The zero-order valence-electron chi connectivity index (χ0n) is 19.5. The van der Waals surface area contributed by atoms with Gasteiger partial charge in [0.15, 0.2) is 0 Å². The molecule has 192 valence electrons. The minimum atomic E-state index is -4.71. The Hall–Kier alpha value is -3.67. The van der Waals surface area contributed by atoms with Gasteiger partial charge in [-0.15, -0.1) is 0 Å². The fourth-order valence-corrected chi connectivity index (χ4v) is 3.71. The van der Waals surface area contributed by atoms with Crippen LogP contribution >= 0.6 is 11.6 Å². The Morgan fingerprint density at radius 2 is 1.89 bits per heavy atom. The standard InChI is InChI=1S/C23H22ClF4N5O3/c1-4-33(31-19(34)10-23(26,27)28)22(35)29-11-15-6-5-14(8-18(15)25)17-9-16(24)7-12(2)20(17)21-30-13(3)36-32-21/h5-9H,4,10-11H2,1-3H3,(H,29,35)(H,31,34). The van der Waals surface area contributed by atoms with Crippen molar-refractivity contribution in [1.82, 2.24) is 25.9 Å². The molecule has 0 radical (unpaired) electrons. The normalized spacial score (nSPS) is 11.3. The molecule has 3 rings (SSSR count). The number of hydrogen-bond acceptors (Lipinski definition) is 5. The van der Waals surface area contributed by atoms with Crippen molar-refractivity contribution in [2.45, 2.75) is 39.9 Å². The summed E-state index contributed by atoms with van der Waals surface area (Å²) in [6.07, 6.45) is -6.45. The van der Waals surface area contributed by atoms with Gasteiger partial charge < -0.3 is 9.84 Å². The number of hydrazine groups is 1. The summed E-state index contributed by atoms with van der Waals surface area (Å²) >= 11 is 6.23. The number of rotatable bonds is 6. The van der Waals surface area contributed by atoms with E-state index >= 15 is 0 Å². The minimum absolute atomic E-state index is 0.108. The van der Waals surface area contributed by atoms with Gasteiger partial charge in [-0.25, -0.2) is 14.2 Å². The molecule has 2 aromatic carbocycles. The number of benzene rings is 2. The maximum Gasteiger partial charge on any atom is 0.397 e. The third-order valence-electron chi connectivity index (χ3n) is 5.03. The molecule has 36 heavy (non-hydrogen) atoms. The van der Waals surface area contributed by atoms with Crippen LogP contribution in [-0.4, -0.2) is 39.8 Å². The molecular weight excluding hydrogens is 506 g/mol. The number of aromatic nitrogens is 2. The van der Waals surface area contributed by atoms with Gasteiger partial charge in [-0.05, 0) is 48.7 Å². The fourth-order valence-electron chi connectivity index (χ4n) is 3.44. The summed E-state index contributed by atoms with van der Waals surface area (Å²) in [4.78, 5) is 28.0. The van der Waals surface area contributed by atoms with Crippen molar-refractivity contribution >= 4 is 23.5 Å². The number of nitrogens with one attached hydrogen (secondary N) is 2. The van der Waals surface area contributed by atoms with E-state index in [2.05, 4.69) is 15.5 Å². The molecular formula is C23H22ClF4N5O3. The number of carbonyl (C=O) groups excluding carboxylic acids is 2. The molecule has 0 spiro atoms. The monoisotopic (exact) mass is 527 g/mol. The highest BCUT2D eigenvalue weighted by atomic mass is 35.5. The number of alkyl halides is 3. The average molecular weight is 528 g/mol. The molecule has 13 heteroatoms. The molecule has 0 fully saturated rings. The van der Waals surface area contributed by atoms with E-state index in [1.165, 1.54) is 19.1 Å². The van der Waals surface area contributed by atoms with Gasteiger partial charge in [-0.2, -0.15) is 18.2 Å². The van der Waals surface area contributed by atoms with Crippen LogP contribution in [0.5, 0.6) is 0 Å². The maximum absolute atomic E-state index is 15.0. The van der Waals surface area contributed by atoms with Gasteiger partial charge in [-0.1, -0.05) is 28.9 Å². The summed E-state index contributed by atoms with van der Waals surface area (Å²) in [5.74, 6) is -1.36. The zero-order chi connectivity index (χ0) is 26.6. The Morgan fingerprint density at radius 3 is 2.47 bits per heavy atom. The summed E-state index contributed by atoms with van der Waals surface area (Å²) in [6, 6.07) is 6.80. The molecule has 0 saturated carbocycles. The Labute approximate surface area is 208 Å². The smallest absolute Gasteiger partial charge is 0.339 e. The second-order valence-corrected chi connectivity index (χ2v) is 8.25. The van der Waals surface area contributed by atoms with Crippen molar-refractivity contribution in [2.75, 3.05) is 6.54 Å². The van der Waals surface area contributed by atoms with Crippen LogP contribution in [-0.2, 0) is 11.3 Å². The first-order valence-corrected chi connectivity index (χ1v) is 11.1. The molecule has 0 bridgehead atoms. The average Bonchev–Trinajstić information content (AvgIpc) is 3.20. The fraction of sp³-hybridized carbons (Fsp3) is 0.304. The number of halogens is 5. The van der Waals surface area contributed by atoms with E-state index in [-0.39, 0.29) is 18.7 Å². The Kier molecular flexibility index (Phi) is 8.18. The molecule has 0 unspecified atom stereocenters. The van der Waals surface area contributed by atoms with Crippen molar-refractivity contribution < 1.29 is 31.7 Å². The molecule has 1 aromatic heterocycles. The van der Waals surface area contributed by atoms with Gasteiger partial charge in [0.2, 0.25) is 17.6 Å². The van der Waals surface area contributed by atoms with Crippen LogP contribution in [0.2, 0.25) is 5.02 Å². The summed E-state index contributed by atoms with van der Waals surface area (Å²) in [6.45, 7) is 4.53. The van der Waals surface area contributed by atoms with Crippen molar-refractivity contribution in [1.29, 1.82) is 0 Å². The largest absolute Gasteiger partial charge is 0.397 e. The Morgan fingerprint density at radius 1 is 1.17 bits per heavy atom. The van der Waals surface area contributed by atoms with E-state index in [1.807, 2.05) is 12.3 Å². The number of carbonyl (C=O) groups is 2. The van der Waals surface area contributed by atoms with E-state index < -0.39 is 30.4 Å². The predicted octanol–water partition coefficient (Wildman–Crippen LogP) is 5.33. The maximum atomic E-state index is 15.0. The number of urea groups is 1. The van der Waals surface area contributed by atoms with Crippen molar-refractivity contribution in [3.05, 3.63) is 58.2 Å². The van der Waals surface area contributed by atoms with Gasteiger partial charge >= 0.3 is 12.2 Å². The second-order valence-electron chi connectivity index (χ2n) is 7.82. The van der Waals surface area contributed by atoms with Gasteiger partial charge in [0.25, 0.3) is 0 Å². The Bertz CT molecular complexity index is 1280. The van der Waals surface area contributed by atoms with Crippen molar-refractivity contribution in [3.8, 4) is 22.5 Å².